The van der Waals surface area contributed by atoms with Crippen molar-refractivity contribution in [2.45, 2.75) is 20.4 Å². The van der Waals surface area contributed by atoms with Crippen LogP contribution in [0.3, 0.4) is 0 Å². The molecule has 0 N–H and O–H groups in total. The molecule has 2 heterocycles. The molecule has 0 atom stereocenters. The van der Waals surface area contributed by atoms with Gasteiger partial charge in [-0.2, -0.15) is 4.68 Å². The molecule has 0 aliphatic rings. The first-order valence-electron chi connectivity index (χ1n) is 8.16. The van der Waals surface area contributed by atoms with Gasteiger partial charge in [-0.05, 0) is 43.2 Å². The number of hydrogen-bond acceptors (Lipinski definition) is 4. The van der Waals surface area contributed by atoms with Gasteiger partial charge in [0, 0.05) is 5.02 Å². The number of benzene rings is 2. The van der Waals surface area contributed by atoms with Crippen molar-refractivity contribution in [2.75, 3.05) is 0 Å². The van der Waals surface area contributed by atoms with Crippen LogP contribution in [0, 0.1) is 13.8 Å². The molecular weight excluding hydrogens is 350 g/mol. The smallest absolute Gasteiger partial charge is 0.283 e. The van der Waals surface area contributed by atoms with E-state index in [1.54, 1.807) is 16.7 Å². The monoisotopic (exact) mass is 365 g/mol. The molecule has 4 aromatic rings. The van der Waals surface area contributed by atoms with E-state index < -0.39 is 0 Å². The van der Waals surface area contributed by atoms with E-state index in [1.807, 2.05) is 26.0 Å². The van der Waals surface area contributed by atoms with Gasteiger partial charge in [0.1, 0.15) is 6.33 Å². The van der Waals surface area contributed by atoms with E-state index in [2.05, 4.69) is 33.5 Å². The van der Waals surface area contributed by atoms with Crippen LogP contribution in [0.1, 0.15) is 16.7 Å². The highest BCUT2D eigenvalue weighted by molar-refractivity contribution is 6.30. The molecule has 0 amide bonds. The molecular formula is C19H16ClN5O. The number of halogens is 1. The van der Waals surface area contributed by atoms with Crippen LogP contribution < -0.4 is 5.56 Å². The van der Waals surface area contributed by atoms with E-state index in [1.165, 1.54) is 11.0 Å². The average molecular weight is 366 g/mol. The summed E-state index contributed by atoms with van der Waals surface area (Å²) in [4.78, 5) is 17.2. The maximum Gasteiger partial charge on any atom is 0.283 e. The Kier molecular flexibility index (Phi) is 4.05. The Bertz CT molecular complexity index is 1180. The zero-order valence-corrected chi connectivity index (χ0v) is 15.1. The minimum Gasteiger partial charge on any atom is -0.293 e. The number of nitrogens with zero attached hydrogens (tertiary/aromatic N) is 5. The standard InChI is InChI=1S/C19H16ClN5O/c1-12-6-7-13(2)14(8-12)10-24-11-21-18-17(19(24)26)22-23-25(18)16-5-3-4-15(20)9-16/h3-9,11H,10H2,1-2H3. The SMILES string of the molecule is Cc1ccc(C)c(Cn2cnc3c(nnn3-c3cccc(Cl)c3)c2=O)c1. The largest absolute Gasteiger partial charge is 0.293 e. The maximum absolute atomic E-state index is 12.8. The van der Waals surface area contributed by atoms with Gasteiger partial charge in [0.15, 0.2) is 11.2 Å². The summed E-state index contributed by atoms with van der Waals surface area (Å²) in [5.41, 5.74) is 4.50. The van der Waals surface area contributed by atoms with Crippen molar-refractivity contribution < 1.29 is 0 Å². The second kappa shape index (κ2) is 6.38. The topological polar surface area (TPSA) is 65.6 Å². The minimum atomic E-state index is -0.218. The van der Waals surface area contributed by atoms with Crippen molar-refractivity contribution in [3.8, 4) is 5.69 Å². The molecule has 6 nitrogen and oxygen atoms in total. The number of fused-ring (bicyclic) bond motifs is 1. The number of aryl methyl sites for hydroxylation is 2. The number of hydrogen-bond donors (Lipinski definition) is 0. The van der Waals surface area contributed by atoms with Crippen LogP contribution in [-0.2, 0) is 6.54 Å². The van der Waals surface area contributed by atoms with Gasteiger partial charge in [-0.15, -0.1) is 5.10 Å². The Morgan fingerprint density at radius 2 is 1.96 bits per heavy atom. The third-order valence-corrected chi connectivity index (χ3v) is 4.56. The van der Waals surface area contributed by atoms with Crippen LogP contribution in [0.25, 0.3) is 16.9 Å². The summed E-state index contributed by atoms with van der Waals surface area (Å²) < 4.78 is 3.08. The van der Waals surface area contributed by atoms with E-state index in [4.69, 9.17) is 11.6 Å². The molecule has 0 aliphatic carbocycles. The summed E-state index contributed by atoms with van der Waals surface area (Å²) in [5.74, 6) is 0. The fourth-order valence-electron chi connectivity index (χ4n) is 2.89. The fourth-order valence-corrected chi connectivity index (χ4v) is 3.08. The van der Waals surface area contributed by atoms with Gasteiger partial charge in [-0.25, -0.2) is 4.98 Å². The molecule has 26 heavy (non-hydrogen) atoms. The summed E-state index contributed by atoms with van der Waals surface area (Å²) >= 11 is 6.04. The van der Waals surface area contributed by atoms with Crippen LogP contribution in [0.5, 0.6) is 0 Å². The lowest BCUT2D eigenvalue weighted by atomic mass is 10.1. The predicted octanol–water partition coefficient (Wildman–Crippen LogP) is 3.30. The number of rotatable bonds is 3. The third kappa shape index (κ3) is 2.88. The van der Waals surface area contributed by atoms with E-state index in [0.29, 0.717) is 22.9 Å². The zero-order valence-electron chi connectivity index (χ0n) is 14.3. The summed E-state index contributed by atoms with van der Waals surface area (Å²) in [6.07, 6.45) is 1.54. The molecule has 0 saturated carbocycles. The Balaban J connectivity index is 1.79. The summed E-state index contributed by atoms with van der Waals surface area (Å²) in [6.45, 7) is 4.50. The van der Waals surface area contributed by atoms with Gasteiger partial charge >= 0.3 is 0 Å². The lowest BCUT2D eigenvalue weighted by Crippen LogP contribution is -2.22. The summed E-state index contributed by atoms with van der Waals surface area (Å²) in [5, 5.41) is 8.70. The zero-order chi connectivity index (χ0) is 18.3. The highest BCUT2D eigenvalue weighted by atomic mass is 35.5. The van der Waals surface area contributed by atoms with E-state index >= 15 is 0 Å². The molecule has 130 valence electrons. The minimum absolute atomic E-state index is 0.218. The van der Waals surface area contributed by atoms with Gasteiger partial charge in [0.05, 0.1) is 12.2 Å². The van der Waals surface area contributed by atoms with Crippen molar-refractivity contribution in [3.63, 3.8) is 0 Å². The maximum atomic E-state index is 12.8. The Morgan fingerprint density at radius 1 is 1.12 bits per heavy atom. The fraction of sp³-hybridized carbons (Fsp3) is 0.158. The second-order valence-electron chi connectivity index (χ2n) is 6.26. The average Bonchev–Trinajstić information content (AvgIpc) is 3.05. The van der Waals surface area contributed by atoms with E-state index in [0.717, 1.165) is 16.7 Å². The molecule has 0 bridgehead atoms. The lowest BCUT2D eigenvalue weighted by Gasteiger charge is -2.09. The Morgan fingerprint density at radius 3 is 2.77 bits per heavy atom. The normalized spacial score (nSPS) is 11.2. The van der Waals surface area contributed by atoms with Crippen LogP contribution in [0.15, 0.2) is 53.6 Å². The molecule has 0 aliphatic heterocycles. The van der Waals surface area contributed by atoms with Crippen molar-refractivity contribution in [3.05, 3.63) is 80.9 Å². The molecule has 2 aromatic heterocycles. The van der Waals surface area contributed by atoms with E-state index in [9.17, 15) is 4.79 Å². The van der Waals surface area contributed by atoms with Gasteiger partial charge in [0.2, 0.25) is 0 Å². The third-order valence-electron chi connectivity index (χ3n) is 4.33. The summed E-state index contributed by atoms with van der Waals surface area (Å²) in [6, 6.07) is 13.4. The van der Waals surface area contributed by atoms with Crippen LogP contribution >= 0.6 is 11.6 Å². The summed E-state index contributed by atoms with van der Waals surface area (Å²) in [7, 11) is 0. The Hall–Kier alpha value is -2.99. The van der Waals surface area contributed by atoms with Crippen molar-refractivity contribution in [1.29, 1.82) is 0 Å². The molecule has 0 unspecified atom stereocenters. The first-order chi connectivity index (χ1) is 12.5. The van der Waals surface area contributed by atoms with Crippen molar-refractivity contribution in [1.82, 2.24) is 24.5 Å². The van der Waals surface area contributed by atoms with Gasteiger partial charge in [-0.3, -0.25) is 9.36 Å². The van der Waals surface area contributed by atoms with E-state index in [-0.39, 0.29) is 11.1 Å². The van der Waals surface area contributed by atoms with Gasteiger partial charge < -0.3 is 0 Å². The molecule has 0 fully saturated rings. The van der Waals surface area contributed by atoms with Crippen molar-refractivity contribution >= 4 is 22.8 Å². The van der Waals surface area contributed by atoms with Crippen LogP contribution in [0.4, 0.5) is 0 Å². The van der Waals surface area contributed by atoms with Gasteiger partial charge in [0.25, 0.3) is 5.56 Å². The Labute approximate surface area is 154 Å². The molecule has 4 rings (SSSR count). The first-order valence-corrected chi connectivity index (χ1v) is 8.53. The quantitative estimate of drug-likeness (QED) is 0.558. The molecule has 2 aromatic carbocycles. The molecule has 0 saturated heterocycles. The van der Waals surface area contributed by atoms with Gasteiger partial charge in [-0.1, -0.05) is 46.6 Å². The molecule has 0 radical (unpaired) electrons. The highest BCUT2D eigenvalue weighted by Crippen LogP contribution is 2.17. The molecule has 7 heteroatoms. The lowest BCUT2D eigenvalue weighted by molar-refractivity contribution is 0.741. The van der Waals surface area contributed by atoms with Crippen molar-refractivity contribution in [2.24, 2.45) is 0 Å². The van der Waals surface area contributed by atoms with Crippen LogP contribution in [-0.4, -0.2) is 24.5 Å². The highest BCUT2D eigenvalue weighted by Gasteiger charge is 2.14. The number of aromatic nitrogens is 5. The second-order valence-corrected chi connectivity index (χ2v) is 6.70. The van der Waals surface area contributed by atoms with Crippen LogP contribution in [0.2, 0.25) is 5.02 Å². The molecule has 0 spiro atoms. The first kappa shape index (κ1) is 16.5. The predicted molar refractivity (Wildman–Crippen MR) is 101 cm³/mol.